The molecule has 0 amide bonds. The number of nitrogen functional groups attached to an aromatic ring is 1. The van der Waals surface area contributed by atoms with Crippen LogP contribution in [0.5, 0.6) is 0 Å². The summed E-state index contributed by atoms with van der Waals surface area (Å²) in [7, 11) is -8.46. The van der Waals surface area contributed by atoms with Crippen molar-refractivity contribution < 1.29 is 56.1 Å². The molecular weight excluding hydrogens is 654 g/mol. The van der Waals surface area contributed by atoms with Crippen LogP contribution >= 0.6 is 15.9 Å². The number of rotatable bonds is 11. The van der Waals surface area contributed by atoms with Gasteiger partial charge in [0, 0.05) is 0 Å². The fourth-order valence-corrected chi connectivity index (χ4v) is 6.31. The molecule has 0 saturated carbocycles. The fraction of sp³-hybridized carbons (Fsp3) is 0.524. The van der Waals surface area contributed by atoms with Gasteiger partial charge in [0.05, 0.1) is 32.2 Å². The molecule has 10 atom stereocenters. The number of hydrogen-bond donors (Lipinski definition) is 5. The molecule has 4 aromatic rings. The van der Waals surface area contributed by atoms with Gasteiger partial charge in [-0.2, -0.15) is 0 Å². The van der Waals surface area contributed by atoms with E-state index in [2.05, 4.69) is 29.9 Å². The van der Waals surface area contributed by atoms with Gasteiger partial charge in [0.25, 0.3) is 5.56 Å². The molecule has 0 radical (unpaired) electrons. The predicted molar refractivity (Wildman–Crippen MR) is 144 cm³/mol. The molecule has 6 heterocycles. The van der Waals surface area contributed by atoms with E-state index in [0.29, 0.717) is 0 Å². The number of nitrogens with one attached hydrogen (secondary N) is 1. The number of aromatic nitrogens is 8. The minimum Gasteiger partial charge on any atom is -0.394 e. The molecule has 6 N–H and O–H groups in total. The molecule has 2 fully saturated rings. The van der Waals surface area contributed by atoms with E-state index < -0.39 is 90.2 Å². The van der Waals surface area contributed by atoms with Crippen LogP contribution in [0.15, 0.2) is 30.1 Å². The van der Waals surface area contributed by atoms with Crippen molar-refractivity contribution in [3.8, 4) is 0 Å². The monoisotopic (exact) mass is 679 g/mol. The molecule has 45 heavy (non-hydrogen) atoms. The van der Waals surface area contributed by atoms with Crippen molar-refractivity contribution in [1.82, 2.24) is 39.0 Å². The summed E-state index contributed by atoms with van der Waals surface area (Å²) >= 11 is 0. The molecule has 2 saturated heterocycles. The average molecular weight is 679 g/mol. The zero-order valence-corrected chi connectivity index (χ0v) is 24.5. The van der Waals surface area contributed by atoms with Gasteiger partial charge in [0.1, 0.15) is 42.6 Å². The zero-order valence-electron chi connectivity index (χ0n) is 22.6. The number of imidazole rings is 2. The Kier molecular flexibility index (Phi) is 8.78. The molecular formula is C21H25F2N9O11P2. The lowest BCUT2D eigenvalue weighted by molar-refractivity contribution is -0.0645. The number of anilines is 1. The molecule has 0 aliphatic carbocycles. The van der Waals surface area contributed by atoms with Crippen molar-refractivity contribution in [3.05, 3.63) is 35.7 Å². The summed E-state index contributed by atoms with van der Waals surface area (Å²) in [6, 6.07) is 0. The topological polar surface area (TPSA) is 274 Å². The Hall–Kier alpha value is -3.30. The summed E-state index contributed by atoms with van der Waals surface area (Å²) in [4.78, 5) is 54.0. The third-order valence-corrected chi connectivity index (χ3v) is 8.47. The molecule has 6 unspecified atom stereocenters. The van der Waals surface area contributed by atoms with Crippen molar-refractivity contribution in [2.24, 2.45) is 0 Å². The largest absolute Gasteiger partial charge is 0.472 e. The maximum Gasteiger partial charge on any atom is 0.472 e. The molecule has 6 rings (SSSR count). The number of aromatic amines is 1. The van der Waals surface area contributed by atoms with Crippen molar-refractivity contribution in [2.45, 2.75) is 49.2 Å². The van der Waals surface area contributed by atoms with Gasteiger partial charge in [-0.3, -0.25) is 27.5 Å². The minimum absolute atomic E-state index is 0.00663. The highest BCUT2D eigenvalue weighted by Crippen LogP contribution is 2.51. The van der Waals surface area contributed by atoms with Gasteiger partial charge in [-0.05, 0) is 0 Å². The number of H-pyrrole nitrogens is 1. The Morgan fingerprint density at radius 3 is 2.44 bits per heavy atom. The van der Waals surface area contributed by atoms with Gasteiger partial charge in [0.2, 0.25) is 8.03 Å². The quantitative estimate of drug-likeness (QED) is 0.123. The van der Waals surface area contributed by atoms with E-state index in [1.807, 2.05) is 0 Å². The van der Waals surface area contributed by atoms with Gasteiger partial charge in [-0.15, -0.1) is 0 Å². The van der Waals surface area contributed by atoms with E-state index in [1.165, 1.54) is 10.9 Å². The lowest BCUT2D eigenvalue weighted by atomic mass is 10.1. The van der Waals surface area contributed by atoms with E-state index in [-0.39, 0.29) is 28.1 Å². The number of fused-ring (bicyclic) bond motifs is 2. The van der Waals surface area contributed by atoms with Gasteiger partial charge < -0.3 is 39.8 Å². The number of phosphoric ester groups is 1. The summed E-state index contributed by atoms with van der Waals surface area (Å²) in [5, 5.41) is 9.60. The molecule has 2 aliphatic rings. The Bertz CT molecular complexity index is 1830. The SMILES string of the molecule is Nc1ncnc2c1ncn2[C@@H]1O[C@H](COP(=O)(O)OC2C(F)[C@@H](CO)O[C@H]2n2cnc3c(=O)[nH]cnc32)C(OC[PH](=O)O)C1F. The summed E-state index contributed by atoms with van der Waals surface area (Å²) in [6.45, 7) is -1.72. The van der Waals surface area contributed by atoms with Gasteiger partial charge in [-0.25, -0.2) is 38.3 Å². The number of alkyl halides is 2. The van der Waals surface area contributed by atoms with Crippen LogP contribution in [-0.4, -0.2) is 110 Å². The summed E-state index contributed by atoms with van der Waals surface area (Å²) in [5.74, 6) is 0.00663. The lowest BCUT2D eigenvalue weighted by Gasteiger charge is -2.24. The Balaban J connectivity index is 1.21. The molecule has 24 heteroatoms. The van der Waals surface area contributed by atoms with Crippen LogP contribution in [0.4, 0.5) is 14.6 Å². The number of hydrogen-bond acceptors (Lipinski definition) is 15. The zero-order chi connectivity index (χ0) is 32.0. The van der Waals surface area contributed by atoms with Gasteiger partial charge in [0.15, 0.2) is 47.4 Å². The molecule has 0 spiro atoms. The number of nitrogens with zero attached hydrogens (tertiary/aromatic N) is 7. The first-order valence-corrected chi connectivity index (χ1v) is 16.1. The van der Waals surface area contributed by atoms with Crippen LogP contribution in [0, 0.1) is 0 Å². The van der Waals surface area contributed by atoms with Crippen LogP contribution in [-0.2, 0) is 32.4 Å². The van der Waals surface area contributed by atoms with Crippen LogP contribution in [0.25, 0.3) is 22.3 Å². The first-order chi connectivity index (χ1) is 21.5. The summed E-state index contributed by atoms with van der Waals surface area (Å²) in [6.07, 6.45) is -10.1. The average Bonchev–Trinajstić information content (AvgIpc) is 3.76. The number of phosphoric acid groups is 1. The van der Waals surface area contributed by atoms with E-state index in [0.717, 1.165) is 23.5 Å². The van der Waals surface area contributed by atoms with Crippen molar-refractivity contribution >= 4 is 44.0 Å². The highest BCUT2D eigenvalue weighted by atomic mass is 31.2. The van der Waals surface area contributed by atoms with Crippen LogP contribution in [0.3, 0.4) is 0 Å². The maximum atomic E-state index is 15.7. The fourth-order valence-electron chi connectivity index (χ4n) is 5.05. The minimum atomic E-state index is -5.23. The number of aliphatic hydroxyl groups is 1. The third-order valence-electron chi connectivity index (χ3n) is 7.07. The molecule has 4 aromatic heterocycles. The van der Waals surface area contributed by atoms with E-state index in [9.17, 15) is 28.8 Å². The smallest absolute Gasteiger partial charge is 0.394 e. The third kappa shape index (κ3) is 6.01. The second-order valence-electron chi connectivity index (χ2n) is 9.84. The van der Waals surface area contributed by atoms with Gasteiger partial charge in [-0.1, -0.05) is 0 Å². The Morgan fingerprint density at radius 1 is 1.02 bits per heavy atom. The molecule has 0 aromatic carbocycles. The highest BCUT2D eigenvalue weighted by molar-refractivity contribution is 7.47. The first kappa shape index (κ1) is 31.7. The Labute approximate surface area is 249 Å². The standard InChI is InChI=1S/C21H25F2N9O11P2/c22-10-8(1-33)41-21(32-6-30-13-18(32)27-4-28-19(13)34)15(10)43-45(37,38)40-2-9-14(39-7-44(35)36)11(23)20(42-9)31-5-29-12-16(24)25-3-26-17(12)31/h3-6,8-11,14-15,20-21,33,44H,1-2,7H2,(H,35,36)(H,37,38)(H2,24,25,26)(H,27,28,34)/t8-,9-,10?,11?,14?,15?,20-,21-/m1/s1. The molecule has 2 aliphatic heterocycles. The number of nitrogens with two attached hydrogens (primary N) is 1. The number of halogens is 2. The lowest BCUT2D eigenvalue weighted by Crippen LogP contribution is -2.35. The van der Waals surface area contributed by atoms with E-state index in [4.69, 9.17) is 29.0 Å². The Morgan fingerprint density at radius 2 is 1.71 bits per heavy atom. The second kappa shape index (κ2) is 12.5. The highest BCUT2D eigenvalue weighted by Gasteiger charge is 2.52. The first-order valence-electron chi connectivity index (χ1n) is 13.0. The van der Waals surface area contributed by atoms with Crippen molar-refractivity contribution in [1.29, 1.82) is 0 Å². The summed E-state index contributed by atoms with van der Waals surface area (Å²) < 4.78 is 84.4. The normalized spacial score (nSPS) is 30.7. The van der Waals surface area contributed by atoms with Crippen LogP contribution < -0.4 is 11.3 Å². The molecule has 20 nitrogen and oxygen atoms in total. The van der Waals surface area contributed by atoms with Crippen LogP contribution in [0.2, 0.25) is 0 Å². The number of aliphatic hydroxyl groups excluding tert-OH is 1. The molecule has 0 bridgehead atoms. The van der Waals surface area contributed by atoms with Crippen molar-refractivity contribution in [3.63, 3.8) is 0 Å². The summed E-state index contributed by atoms with van der Waals surface area (Å²) in [5.41, 5.74) is 5.18. The number of ether oxygens (including phenoxy) is 3. The van der Waals surface area contributed by atoms with Gasteiger partial charge >= 0.3 is 7.82 Å². The second-order valence-corrected chi connectivity index (χ2v) is 12.3. The molecule has 244 valence electrons. The maximum absolute atomic E-state index is 15.7. The van der Waals surface area contributed by atoms with Crippen LogP contribution in [0.1, 0.15) is 12.5 Å². The van der Waals surface area contributed by atoms with E-state index >= 15 is 8.78 Å². The van der Waals surface area contributed by atoms with Crippen molar-refractivity contribution in [2.75, 3.05) is 25.3 Å². The predicted octanol–water partition coefficient (Wildman–Crippen LogP) is -0.683. The van der Waals surface area contributed by atoms with E-state index in [1.54, 1.807) is 0 Å².